The van der Waals surface area contributed by atoms with Crippen LogP contribution in [0.15, 0.2) is 48.5 Å². The predicted molar refractivity (Wildman–Crippen MR) is 115 cm³/mol. The normalized spacial score (nSPS) is 16.6. The lowest BCUT2D eigenvalue weighted by atomic mass is 9.98. The molecule has 0 heterocycles. The Morgan fingerprint density at radius 3 is 2.10 bits per heavy atom. The van der Waals surface area contributed by atoms with E-state index < -0.39 is 30.1 Å². The van der Waals surface area contributed by atoms with Gasteiger partial charge in [-0.05, 0) is 48.9 Å². The average molecular weight is 422 g/mol. The van der Waals surface area contributed by atoms with Crippen molar-refractivity contribution < 1.29 is 24.2 Å². The van der Waals surface area contributed by atoms with Gasteiger partial charge in [0.2, 0.25) is 5.91 Å². The Bertz CT molecular complexity index is 971. The molecule has 162 valence electrons. The first-order chi connectivity index (χ1) is 14.9. The van der Waals surface area contributed by atoms with Gasteiger partial charge in [0.1, 0.15) is 18.7 Å². The summed E-state index contributed by atoms with van der Waals surface area (Å²) in [4.78, 5) is 37.9. The Kier molecular flexibility index (Phi) is 5.67. The molecule has 2 aliphatic carbocycles. The Morgan fingerprint density at radius 1 is 1.03 bits per heavy atom. The summed E-state index contributed by atoms with van der Waals surface area (Å²) in [6, 6.07) is 14.2. The number of nitrogens with one attached hydrogen (secondary N) is 1. The van der Waals surface area contributed by atoms with Crippen molar-refractivity contribution in [3.8, 4) is 11.1 Å². The maximum atomic E-state index is 12.8. The van der Waals surface area contributed by atoms with E-state index in [2.05, 4.69) is 17.4 Å². The number of amides is 2. The molecule has 7 nitrogen and oxygen atoms in total. The zero-order chi connectivity index (χ0) is 22.1. The average Bonchev–Trinajstić information content (AvgIpc) is 3.54. The maximum Gasteiger partial charge on any atom is 0.407 e. The minimum absolute atomic E-state index is 0.0702. The van der Waals surface area contributed by atoms with E-state index >= 15 is 0 Å². The van der Waals surface area contributed by atoms with Crippen LogP contribution in [0.4, 0.5) is 4.79 Å². The molecular weight excluding hydrogens is 396 g/mol. The molecule has 1 unspecified atom stereocenters. The topological polar surface area (TPSA) is 95.9 Å². The van der Waals surface area contributed by atoms with Gasteiger partial charge in [0.25, 0.3) is 0 Å². The molecule has 2 amide bonds. The van der Waals surface area contributed by atoms with Crippen molar-refractivity contribution in [2.75, 3.05) is 6.61 Å². The number of benzene rings is 2. The lowest BCUT2D eigenvalue weighted by Crippen LogP contribution is -2.53. The number of alkyl carbamates (subject to hydrolysis) is 1. The number of carbonyl (C=O) groups is 3. The number of aliphatic carboxylic acids is 1. The van der Waals surface area contributed by atoms with Gasteiger partial charge in [-0.1, -0.05) is 48.5 Å². The monoisotopic (exact) mass is 422 g/mol. The van der Waals surface area contributed by atoms with Crippen LogP contribution >= 0.6 is 0 Å². The second-order valence-corrected chi connectivity index (χ2v) is 8.18. The summed E-state index contributed by atoms with van der Waals surface area (Å²) in [6.07, 6.45) is 0.864. The summed E-state index contributed by atoms with van der Waals surface area (Å²) in [5.41, 5.74) is 4.49. The Balaban J connectivity index is 1.39. The Morgan fingerprint density at radius 2 is 1.58 bits per heavy atom. The first-order valence-corrected chi connectivity index (χ1v) is 10.5. The number of carbonyl (C=O) groups excluding carboxylic acids is 2. The number of hydrogen-bond acceptors (Lipinski definition) is 4. The number of ether oxygens (including phenoxy) is 1. The lowest BCUT2D eigenvalue weighted by molar-refractivity contribution is -0.150. The van der Waals surface area contributed by atoms with E-state index in [4.69, 9.17) is 4.74 Å². The van der Waals surface area contributed by atoms with Crippen LogP contribution in [0.5, 0.6) is 0 Å². The molecule has 0 aliphatic heterocycles. The molecule has 2 aromatic carbocycles. The zero-order valence-corrected chi connectivity index (χ0v) is 17.6. The molecule has 1 fully saturated rings. The van der Waals surface area contributed by atoms with Crippen molar-refractivity contribution in [3.05, 3.63) is 59.7 Å². The Labute approximate surface area is 181 Å². The minimum atomic E-state index is -1.06. The number of carboxylic acids is 1. The van der Waals surface area contributed by atoms with E-state index in [9.17, 15) is 19.5 Å². The van der Waals surface area contributed by atoms with Gasteiger partial charge in [0, 0.05) is 12.0 Å². The van der Waals surface area contributed by atoms with Crippen molar-refractivity contribution in [2.24, 2.45) is 0 Å². The quantitative estimate of drug-likeness (QED) is 0.713. The largest absolute Gasteiger partial charge is 0.480 e. The molecule has 2 aliphatic rings. The molecule has 0 saturated heterocycles. The highest BCUT2D eigenvalue weighted by atomic mass is 16.5. The SMILES string of the molecule is CC(C(=O)O)N(C(=O)[C@@H](C)NC(=O)OCC1c2ccccc2-c2ccccc21)C1CC1. The summed E-state index contributed by atoms with van der Waals surface area (Å²) in [5.74, 6) is -1.54. The highest BCUT2D eigenvalue weighted by molar-refractivity contribution is 5.89. The van der Waals surface area contributed by atoms with Gasteiger partial charge in [0.05, 0.1) is 0 Å². The number of fused-ring (bicyclic) bond motifs is 3. The summed E-state index contributed by atoms with van der Waals surface area (Å²) in [6.45, 7) is 3.19. The van der Waals surface area contributed by atoms with Gasteiger partial charge in [-0.25, -0.2) is 9.59 Å². The first-order valence-electron chi connectivity index (χ1n) is 10.5. The first kappa shape index (κ1) is 20.9. The molecule has 2 aromatic rings. The third-order valence-corrected chi connectivity index (χ3v) is 6.02. The molecular formula is C24H26N2O5. The highest BCUT2D eigenvalue weighted by Crippen LogP contribution is 2.44. The number of carboxylic acid groups (broad SMARTS) is 1. The smallest absolute Gasteiger partial charge is 0.407 e. The third-order valence-electron chi connectivity index (χ3n) is 6.02. The van der Waals surface area contributed by atoms with Gasteiger partial charge < -0.3 is 20.1 Å². The summed E-state index contributed by atoms with van der Waals surface area (Å²) < 4.78 is 5.49. The van der Waals surface area contributed by atoms with Crippen molar-refractivity contribution in [2.45, 2.75) is 50.7 Å². The van der Waals surface area contributed by atoms with E-state index in [1.54, 1.807) is 6.92 Å². The fraction of sp³-hybridized carbons (Fsp3) is 0.375. The molecule has 2 atom stereocenters. The maximum absolute atomic E-state index is 12.8. The van der Waals surface area contributed by atoms with Gasteiger partial charge in [0.15, 0.2) is 0 Å². The van der Waals surface area contributed by atoms with Crippen molar-refractivity contribution >= 4 is 18.0 Å². The second-order valence-electron chi connectivity index (χ2n) is 8.18. The van der Waals surface area contributed by atoms with E-state index in [1.807, 2.05) is 36.4 Å². The van der Waals surface area contributed by atoms with Crippen LogP contribution in [0.2, 0.25) is 0 Å². The van der Waals surface area contributed by atoms with Crippen molar-refractivity contribution in [1.82, 2.24) is 10.2 Å². The van der Waals surface area contributed by atoms with Gasteiger partial charge in [-0.2, -0.15) is 0 Å². The fourth-order valence-corrected chi connectivity index (χ4v) is 4.26. The number of rotatable bonds is 7. The molecule has 0 aromatic heterocycles. The predicted octanol–water partition coefficient (Wildman–Crippen LogP) is 3.38. The van der Waals surface area contributed by atoms with E-state index in [0.717, 1.165) is 35.1 Å². The second kappa shape index (κ2) is 8.41. The van der Waals surface area contributed by atoms with Crippen molar-refractivity contribution in [1.29, 1.82) is 0 Å². The zero-order valence-electron chi connectivity index (χ0n) is 17.6. The fourth-order valence-electron chi connectivity index (χ4n) is 4.26. The molecule has 0 bridgehead atoms. The third kappa shape index (κ3) is 4.13. The highest BCUT2D eigenvalue weighted by Gasteiger charge is 2.40. The molecule has 0 spiro atoms. The van der Waals surface area contributed by atoms with Crippen LogP contribution in [0.3, 0.4) is 0 Å². The van der Waals surface area contributed by atoms with Crippen molar-refractivity contribution in [3.63, 3.8) is 0 Å². The molecule has 4 rings (SSSR count). The standard InChI is InChI=1S/C24H26N2O5/c1-14(22(27)26(16-11-12-16)15(2)23(28)29)25-24(30)31-13-21-19-9-5-3-7-17(19)18-8-4-6-10-20(18)21/h3-10,14-16,21H,11-13H2,1-2H3,(H,25,30)(H,28,29)/t14-,15?/m1/s1. The van der Waals surface area contributed by atoms with E-state index in [0.29, 0.717) is 0 Å². The molecule has 7 heteroatoms. The molecule has 0 radical (unpaired) electrons. The van der Waals surface area contributed by atoms with E-state index in [-0.39, 0.29) is 18.6 Å². The van der Waals surface area contributed by atoms with Crippen LogP contribution in [0.1, 0.15) is 43.7 Å². The molecule has 1 saturated carbocycles. The van der Waals surface area contributed by atoms with E-state index in [1.165, 1.54) is 11.8 Å². The molecule has 31 heavy (non-hydrogen) atoms. The van der Waals surface area contributed by atoms with Gasteiger partial charge >= 0.3 is 12.1 Å². The Hall–Kier alpha value is -3.35. The number of hydrogen-bond donors (Lipinski definition) is 2. The minimum Gasteiger partial charge on any atom is -0.480 e. The van der Waals surface area contributed by atoms with Crippen LogP contribution in [0.25, 0.3) is 11.1 Å². The lowest BCUT2D eigenvalue weighted by Gasteiger charge is -2.29. The number of nitrogens with zero attached hydrogens (tertiary/aromatic N) is 1. The van der Waals surface area contributed by atoms with Crippen LogP contribution in [-0.2, 0) is 14.3 Å². The summed E-state index contributed by atoms with van der Waals surface area (Å²) >= 11 is 0. The molecule has 2 N–H and O–H groups in total. The van der Waals surface area contributed by atoms with Gasteiger partial charge in [-0.15, -0.1) is 0 Å². The van der Waals surface area contributed by atoms with Gasteiger partial charge in [-0.3, -0.25) is 4.79 Å². The summed E-state index contributed by atoms with van der Waals surface area (Å²) in [7, 11) is 0. The van der Waals surface area contributed by atoms with Crippen LogP contribution < -0.4 is 5.32 Å². The van der Waals surface area contributed by atoms with Crippen LogP contribution in [0, 0.1) is 0 Å². The van der Waals surface area contributed by atoms with Crippen LogP contribution in [-0.4, -0.2) is 52.7 Å². The summed E-state index contributed by atoms with van der Waals surface area (Å²) in [5, 5.41) is 11.9.